The zero-order valence-electron chi connectivity index (χ0n) is 8.71. The maximum atomic E-state index is 8.41. The molecule has 0 unspecified atom stereocenters. The monoisotopic (exact) mass is 271 g/mol. The van der Waals surface area contributed by atoms with Crippen molar-refractivity contribution in [3.63, 3.8) is 0 Å². The average molecular weight is 272 g/mol. The van der Waals surface area contributed by atoms with E-state index in [0.717, 1.165) is 15.7 Å². The van der Waals surface area contributed by atoms with Crippen LogP contribution in [0.2, 0.25) is 0 Å². The van der Waals surface area contributed by atoms with Crippen LogP contribution in [0.25, 0.3) is 0 Å². The molecule has 0 aliphatic carbocycles. The van der Waals surface area contributed by atoms with Gasteiger partial charge < -0.3 is 16.3 Å². The summed E-state index contributed by atoms with van der Waals surface area (Å²) in [6, 6.07) is 4.08. The zero-order chi connectivity index (χ0) is 11.4. The second kappa shape index (κ2) is 5.02. The molecule has 0 amide bonds. The molecule has 0 bridgehead atoms. The summed E-state index contributed by atoms with van der Waals surface area (Å²) < 4.78 is 0.978. The molecule has 0 atom stereocenters. The van der Waals surface area contributed by atoms with Crippen LogP contribution in [0.5, 0.6) is 0 Å². The molecule has 0 aliphatic heterocycles. The van der Waals surface area contributed by atoms with Gasteiger partial charge >= 0.3 is 0 Å². The standard InChI is InChI=1S/C10H14BrN3O/c1-6-3-7(2)10(8(11)4-6)13-5-9(12)14-15/h3-4,13,15H,5H2,1-2H3,(H2,12,14). The first kappa shape index (κ1) is 11.8. The van der Waals surface area contributed by atoms with Gasteiger partial charge in [-0.25, -0.2) is 0 Å². The van der Waals surface area contributed by atoms with Gasteiger partial charge in [0.05, 0.1) is 12.2 Å². The Labute approximate surface area is 97.3 Å². The van der Waals surface area contributed by atoms with E-state index in [4.69, 9.17) is 10.9 Å². The molecule has 0 saturated carbocycles. The van der Waals surface area contributed by atoms with Gasteiger partial charge in [0.2, 0.25) is 0 Å². The zero-order valence-corrected chi connectivity index (χ0v) is 10.3. The first-order valence-electron chi connectivity index (χ1n) is 4.51. The Morgan fingerprint density at radius 3 is 2.73 bits per heavy atom. The second-order valence-electron chi connectivity index (χ2n) is 3.38. The molecule has 0 radical (unpaired) electrons. The summed E-state index contributed by atoms with van der Waals surface area (Å²) in [5.41, 5.74) is 8.64. The van der Waals surface area contributed by atoms with Gasteiger partial charge in [0.15, 0.2) is 5.84 Å². The summed E-state index contributed by atoms with van der Waals surface area (Å²) in [5.74, 6) is 0.155. The number of anilines is 1. The molecule has 4 nitrogen and oxygen atoms in total. The van der Waals surface area contributed by atoms with Crippen molar-refractivity contribution >= 4 is 27.5 Å². The summed E-state index contributed by atoms with van der Waals surface area (Å²) in [7, 11) is 0. The van der Waals surface area contributed by atoms with Crippen LogP contribution in [0.1, 0.15) is 11.1 Å². The maximum absolute atomic E-state index is 8.41. The van der Waals surface area contributed by atoms with Crippen molar-refractivity contribution in [1.82, 2.24) is 0 Å². The van der Waals surface area contributed by atoms with Gasteiger partial charge in [-0.15, -0.1) is 0 Å². The molecule has 0 saturated heterocycles. The van der Waals surface area contributed by atoms with Crippen molar-refractivity contribution in [2.45, 2.75) is 13.8 Å². The van der Waals surface area contributed by atoms with Crippen molar-refractivity contribution in [2.75, 3.05) is 11.9 Å². The Morgan fingerprint density at radius 2 is 2.20 bits per heavy atom. The van der Waals surface area contributed by atoms with Crippen LogP contribution in [-0.2, 0) is 0 Å². The molecule has 1 aromatic rings. The normalized spacial score (nSPS) is 11.5. The van der Waals surface area contributed by atoms with Gasteiger partial charge in [0.1, 0.15) is 0 Å². The quantitative estimate of drug-likeness (QED) is 0.342. The number of benzene rings is 1. The van der Waals surface area contributed by atoms with E-state index in [1.165, 1.54) is 5.56 Å². The van der Waals surface area contributed by atoms with Crippen LogP contribution < -0.4 is 11.1 Å². The first-order chi connectivity index (χ1) is 7.04. The largest absolute Gasteiger partial charge is 0.409 e. The molecule has 0 heterocycles. The SMILES string of the molecule is Cc1cc(C)c(NC/C(N)=N/O)c(Br)c1. The minimum atomic E-state index is 0.155. The number of halogens is 1. The number of hydrogen-bond donors (Lipinski definition) is 3. The Kier molecular flexibility index (Phi) is 3.96. The lowest BCUT2D eigenvalue weighted by atomic mass is 10.1. The molecule has 15 heavy (non-hydrogen) atoms. The maximum Gasteiger partial charge on any atom is 0.158 e. The molecule has 82 valence electrons. The fourth-order valence-corrected chi connectivity index (χ4v) is 2.17. The van der Waals surface area contributed by atoms with E-state index in [1.807, 2.05) is 19.9 Å². The van der Waals surface area contributed by atoms with Gasteiger partial charge in [-0.1, -0.05) is 11.2 Å². The highest BCUT2D eigenvalue weighted by atomic mass is 79.9. The van der Waals surface area contributed by atoms with E-state index < -0.39 is 0 Å². The Morgan fingerprint density at radius 1 is 1.53 bits per heavy atom. The molecule has 1 aromatic carbocycles. The van der Waals surface area contributed by atoms with E-state index in [0.29, 0.717) is 6.54 Å². The molecule has 0 fully saturated rings. The van der Waals surface area contributed by atoms with Crippen molar-refractivity contribution in [1.29, 1.82) is 0 Å². The number of nitrogens with one attached hydrogen (secondary N) is 1. The van der Waals surface area contributed by atoms with E-state index in [2.05, 4.69) is 32.5 Å². The minimum absolute atomic E-state index is 0.155. The van der Waals surface area contributed by atoms with Crippen molar-refractivity contribution < 1.29 is 5.21 Å². The smallest absolute Gasteiger partial charge is 0.158 e. The molecule has 1 rings (SSSR count). The highest BCUT2D eigenvalue weighted by Crippen LogP contribution is 2.27. The third-order valence-corrected chi connectivity index (χ3v) is 2.63. The van der Waals surface area contributed by atoms with Crippen LogP contribution in [0.4, 0.5) is 5.69 Å². The first-order valence-corrected chi connectivity index (χ1v) is 5.31. The summed E-state index contributed by atoms with van der Waals surface area (Å²) in [4.78, 5) is 0. The molecule has 5 heteroatoms. The van der Waals surface area contributed by atoms with Crippen LogP contribution in [0.3, 0.4) is 0 Å². The molecule has 0 spiro atoms. The van der Waals surface area contributed by atoms with Gasteiger partial charge in [0, 0.05) is 4.47 Å². The lowest BCUT2D eigenvalue weighted by molar-refractivity contribution is 0.317. The van der Waals surface area contributed by atoms with E-state index >= 15 is 0 Å². The van der Waals surface area contributed by atoms with E-state index in [9.17, 15) is 0 Å². The third kappa shape index (κ3) is 3.13. The summed E-state index contributed by atoms with van der Waals surface area (Å²) >= 11 is 3.46. The predicted molar refractivity (Wildman–Crippen MR) is 65.5 cm³/mol. The Balaban J connectivity index is 2.86. The summed E-state index contributed by atoms with van der Waals surface area (Å²) in [5, 5.41) is 14.4. The lowest BCUT2D eigenvalue weighted by Crippen LogP contribution is -2.23. The number of amidine groups is 1. The Bertz CT molecular complexity index is 367. The van der Waals surface area contributed by atoms with Gasteiger partial charge in [-0.3, -0.25) is 0 Å². The van der Waals surface area contributed by atoms with Gasteiger partial charge in [-0.2, -0.15) is 0 Å². The molecular formula is C10H14BrN3O. The number of nitrogens with two attached hydrogens (primary N) is 1. The highest BCUT2D eigenvalue weighted by molar-refractivity contribution is 9.10. The summed E-state index contributed by atoms with van der Waals surface area (Å²) in [6.07, 6.45) is 0. The molecule has 0 aliphatic rings. The molecule has 4 N–H and O–H groups in total. The van der Waals surface area contributed by atoms with Gasteiger partial charge in [-0.05, 0) is 47.0 Å². The minimum Gasteiger partial charge on any atom is -0.409 e. The van der Waals surface area contributed by atoms with Crippen LogP contribution >= 0.6 is 15.9 Å². The van der Waals surface area contributed by atoms with Crippen LogP contribution in [0, 0.1) is 13.8 Å². The number of hydrogen-bond acceptors (Lipinski definition) is 3. The average Bonchev–Trinajstić information content (AvgIpc) is 2.15. The van der Waals surface area contributed by atoms with Crippen LogP contribution in [-0.4, -0.2) is 17.6 Å². The number of oxime groups is 1. The second-order valence-corrected chi connectivity index (χ2v) is 4.24. The Hall–Kier alpha value is -1.23. The lowest BCUT2D eigenvalue weighted by Gasteiger charge is -2.11. The van der Waals surface area contributed by atoms with E-state index in [-0.39, 0.29) is 5.84 Å². The number of rotatable bonds is 3. The van der Waals surface area contributed by atoms with Gasteiger partial charge in [0.25, 0.3) is 0 Å². The van der Waals surface area contributed by atoms with Crippen molar-refractivity contribution in [3.8, 4) is 0 Å². The topological polar surface area (TPSA) is 70.6 Å². The predicted octanol–water partition coefficient (Wildman–Crippen LogP) is 2.22. The fraction of sp³-hybridized carbons (Fsp3) is 0.300. The van der Waals surface area contributed by atoms with Crippen molar-refractivity contribution in [3.05, 3.63) is 27.7 Å². The molecular weight excluding hydrogens is 258 g/mol. The third-order valence-electron chi connectivity index (χ3n) is 2.01. The number of nitrogens with zero attached hydrogens (tertiary/aromatic N) is 1. The fourth-order valence-electron chi connectivity index (χ4n) is 1.35. The van der Waals surface area contributed by atoms with Crippen LogP contribution in [0.15, 0.2) is 21.8 Å². The molecule has 0 aromatic heterocycles. The van der Waals surface area contributed by atoms with E-state index in [1.54, 1.807) is 0 Å². The number of aryl methyl sites for hydroxylation is 2. The van der Waals surface area contributed by atoms with Crippen molar-refractivity contribution in [2.24, 2.45) is 10.9 Å². The summed E-state index contributed by atoms with van der Waals surface area (Å²) in [6.45, 7) is 4.36. The highest BCUT2D eigenvalue weighted by Gasteiger charge is 2.04.